The minimum atomic E-state index is -3.27. The van der Waals surface area contributed by atoms with Crippen LogP contribution in [0.5, 0.6) is 0 Å². The second-order valence-corrected chi connectivity index (χ2v) is 6.45. The summed E-state index contributed by atoms with van der Waals surface area (Å²) >= 11 is 5.45. The number of carbonyl (C=O) groups excluding carboxylic acids is 1. The molecule has 5 nitrogen and oxygen atoms in total. The molecule has 0 unspecified atom stereocenters. The van der Waals surface area contributed by atoms with Gasteiger partial charge >= 0.3 is 0 Å². The Bertz CT molecular complexity index is 328. The van der Waals surface area contributed by atoms with Gasteiger partial charge in [-0.3, -0.25) is 4.79 Å². The van der Waals surface area contributed by atoms with E-state index in [-0.39, 0.29) is 12.5 Å². The van der Waals surface area contributed by atoms with Crippen LogP contribution in [0.25, 0.3) is 0 Å². The number of amides is 1. The lowest BCUT2D eigenvalue weighted by atomic mass is 10.1. The van der Waals surface area contributed by atoms with Crippen LogP contribution < -0.4 is 10.0 Å². The molecule has 0 rings (SSSR count). The summed E-state index contributed by atoms with van der Waals surface area (Å²) in [6.45, 7) is 3.66. The van der Waals surface area contributed by atoms with E-state index in [4.69, 9.17) is 11.6 Å². The third-order valence-electron chi connectivity index (χ3n) is 1.73. The zero-order chi connectivity index (χ0) is 12.8. The van der Waals surface area contributed by atoms with Crippen molar-refractivity contribution >= 4 is 27.5 Å². The lowest BCUT2D eigenvalue weighted by Gasteiger charge is -2.25. The topological polar surface area (TPSA) is 75.3 Å². The van der Waals surface area contributed by atoms with Gasteiger partial charge in [-0.15, -0.1) is 11.6 Å². The maximum atomic E-state index is 11.3. The van der Waals surface area contributed by atoms with Crippen LogP contribution in [-0.2, 0) is 14.8 Å². The van der Waals surface area contributed by atoms with Crippen LogP contribution in [0.1, 0.15) is 26.7 Å². The van der Waals surface area contributed by atoms with E-state index in [1.165, 1.54) is 0 Å². The van der Waals surface area contributed by atoms with Crippen LogP contribution in [0.4, 0.5) is 0 Å². The minimum absolute atomic E-state index is 0.121. The Morgan fingerprint density at radius 3 is 2.38 bits per heavy atom. The van der Waals surface area contributed by atoms with Crippen molar-refractivity contribution in [3.63, 3.8) is 0 Å². The highest BCUT2D eigenvalue weighted by Crippen LogP contribution is 2.02. The molecule has 0 saturated heterocycles. The molecule has 0 bridgehead atoms. The third-order valence-corrected chi connectivity index (χ3v) is 2.92. The van der Waals surface area contributed by atoms with Gasteiger partial charge in [0.05, 0.1) is 6.26 Å². The first-order valence-corrected chi connectivity index (χ1v) is 7.40. The van der Waals surface area contributed by atoms with E-state index in [0.717, 1.165) is 6.26 Å². The van der Waals surface area contributed by atoms with E-state index in [1.54, 1.807) is 13.8 Å². The number of hydrogen-bond acceptors (Lipinski definition) is 3. The normalized spacial score (nSPS) is 12.5. The molecule has 16 heavy (non-hydrogen) atoms. The number of alkyl halides is 1. The summed E-state index contributed by atoms with van der Waals surface area (Å²) in [6, 6.07) is 0. The van der Waals surface area contributed by atoms with Crippen molar-refractivity contribution < 1.29 is 13.2 Å². The Morgan fingerprint density at radius 1 is 1.38 bits per heavy atom. The Kier molecular flexibility index (Phi) is 6.28. The number of hydrogen-bond donors (Lipinski definition) is 2. The van der Waals surface area contributed by atoms with Crippen molar-refractivity contribution in [2.75, 3.05) is 18.7 Å². The molecule has 0 aliphatic carbocycles. The van der Waals surface area contributed by atoms with E-state index in [2.05, 4.69) is 10.0 Å². The van der Waals surface area contributed by atoms with Gasteiger partial charge in [0.2, 0.25) is 15.9 Å². The van der Waals surface area contributed by atoms with Gasteiger partial charge in [0.1, 0.15) is 0 Å². The predicted molar refractivity (Wildman–Crippen MR) is 65.0 cm³/mol. The van der Waals surface area contributed by atoms with E-state index >= 15 is 0 Å². The quantitative estimate of drug-likeness (QED) is 0.660. The first-order chi connectivity index (χ1) is 7.16. The highest BCUT2D eigenvalue weighted by molar-refractivity contribution is 7.88. The summed E-state index contributed by atoms with van der Waals surface area (Å²) in [6.07, 6.45) is 2.07. The molecule has 0 aliphatic heterocycles. The van der Waals surface area contributed by atoms with Crippen molar-refractivity contribution in [1.82, 2.24) is 10.0 Å². The molecule has 0 aromatic carbocycles. The van der Waals surface area contributed by atoms with Crippen LogP contribution in [0.15, 0.2) is 0 Å². The summed E-state index contributed by atoms with van der Waals surface area (Å²) in [5.41, 5.74) is -0.690. The van der Waals surface area contributed by atoms with E-state index in [0.29, 0.717) is 18.7 Å². The molecule has 0 fully saturated rings. The Balaban J connectivity index is 4.04. The Hall–Kier alpha value is -0.330. The highest BCUT2D eigenvalue weighted by Gasteiger charge is 2.22. The highest BCUT2D eigenvalue weighted by atomic mass is 35.5. The van der Waals surface area contributed by atoms with Gasteiger partial charge in [-0.2, -0.15) is 0 Å². The van der Waals surface area contributed by atoms with Gasteiger partial charge in [0.15, 0.2) is 0 Å². The Morgan fingerprint density at radius 2 is 1.94 bits per heavy atom. The fourth-order valence-corrected chi connectivity index (χ4v) is 2.38. The van der Waals surface area contributed by atoms with E-state index < -0.39 is 15.6 Å². The first-order valence-electron chi connectivity index (χ1n) is 4.98. The number of rotatable bonds is 7. The monoisotopic (exact) mass is 270 g/mol. The van der Waals surface area contributed by atoms with Gasteiger partial charge < -0.3 is 5.32 Å². The number of sulfonamides is 1. The summed E-state index contributed by atoms with van der Waals surface area (Å²) in [4.78, 5) is 11.3. The van der Waals surface area contributed by atoms with Crippen LogP contribution in [0.3, 0.4) is 0 Å². The Labute approximate surface area is 102 Å². The minimum Gasteiger partial charge on any atom is -0.354 e. The third kappa shape index (κ3) is 8.94. The molecular weight excluding hydrogens is 252 g/mol. The maximum Gasteiger partial charge on any atom is 0.220 e. The van der Waals surface area contributed by atoms with Crippen LogP contribution in [-0.4, -0.2) is 38.5 Å². The standard InChI is InChI=1S/C9H19ClN2O3S/c1-9(2,12-16(3,14)15)7-11-8(13)5-4-6-10/h12H,4-7H2,1-3H3,(H,11,13). The van der Waals surface area contributed by atoms with Gasteiger partial charge in [0, 0.05) is 24.4 Å². The summed E-state index contributed by atoms with van der Waals surface area (Å²) in [5.74, 6) is 0.322. The lowest BCUT2D eigenvalue weighted by molar-refractivity contribution is -0.121. The molecule has 0 atom stereocenters. The van der Waals surface area contributed by atoms with Crippen LogP contribution in [0.2, 0.25) is 0 Å². The van der Waals surface area contributed by atoms with E-state index in [9.17, 15) is 13.2 Å². The fraction of sp³-hybridized carbons (Fsp3) is 0.889. The van der Waals surface area contributed by atoms with E-state index in [1.807, 2.05) is 0 Å². The molecule has 0 aliphatic rings. The van der Waals surface area contributed by atoms with Crippen molar-refractivity contribution in [2.24, 2.45) is 0 Å². The molecule has 0 heterocycles. The fourth-order valence-electron chi connectivity index (χ4n) is 1.17. The second-order valence-electron chi connectivity index (χ2n) is 4.33. The molecule has 2 N–H and O–H groups in total. The first kappa shape index (κ1) is 15.7. The molecule has 0 aromatic heterocycles. The van der Waals surface area contributed by atoms with Crippen molar-refractivity contribution in [2.45, 2.75) is 32.2 Å². The number of halogens is 1. The molecule has 96 valence electrons. The van der Waals surface area contributed by atoms with Crippen molar-refractivity contribution in [3.8, 4) is 0 Å². The van der Waals surface area contributed by atoms with Gasteiger partial charge in [-0.25, -0.2) is 13.1 Å². The van der Waals surface area contributed by atoms with Crippen LogP contribution in [0, 0.1) is 0 Å². The van der Waals surface area contributed by atoms with Gasteiger partial charge in [-0.1, -0.05) is 0 Å². The number of carbonyl (C=O) groups is 1. The summed E-state index contributed by atoms with van der Waals surface area (Å²) in [7, 11) is -3.27. The number of nitrogens with one attached hydrogen (secondary N) is 2. The zero-order valence-electron chi connectivity index (χ0n) is 9.84. The zero-order valence-corrected chi connectivity index (χ0v) is 11.4. The SMILES string of the molecule is CC(C)(CNC(=O)CCCCl)NS(C)(=O)=O. The molecule has 1 amide bonds. The molecular formula is C9H19ClN2O3S. The van der Waals surface area contributed by atoms with Crippen molar-refractivity contribution in [1.29, 1.82) is 0 Å². The second kappa shape index (κ2) is 6.42. The molecule has 0 saturated carbocycles. The van der Waals surface area contributed by atoms with Gasteiger partial charge in [0.25, 0.3) is 0 Å². The smallest absolute Gasteiger partial charge is 0.220 e. The summed E-state index contributed by atoms with van der Waals surface area (Å²) < 4.78 is 24.5. The molecule has 7 heteroatoms. The van der Waals surface area contributed by atoms with Crippen molar-refractivity contribution in [3.05, 3.63) is 0 Å². The molecule has 0 radical (unpaired) electrons. The predicted octanol–water partition coefficient (Wildman–Crippen LogP) is 0.449. The average molecular weight is 271 g/mol. The lowest BCUT2D eigenvalue weighted by Crippen LogP contribution is -2.50. The largest absolute Gasteiger partial charge is 0.354 e. The molecule has 0 spiro atoms. The maximum absolute atomic E-state index is 11.3. The average Bonchev–Trinajstić information content (AvgIpc) is 2.07. The van der Waals surface area contributed by atoms with Crippen LogP contribution >= 0.6 is 11.6 Å². The van der Waals surface area contributed by atoms with Gasteiger partial charge in [-0.05, 0) is 20.3 Å². The molecule has 0 aromatic rings. The summed E-state index contributed by atoms with van der Waals surface area (Å²) in [5, 5.41) is 2.66.